The zero-order valence-electron chi connectivity index (χ0n) is 6.99. The van der Waals surface area contributed by atoms with Crippen LogP contribution in [-0.2, 0) is 0 Å². The highest BCUT2D eigenvalue weighted by atomic mass is 14.9. The minimum Gasteiger partial charge on any atom is -0.241 e. The first-order valence-electron chi connectivity index (χ1n) is 4.03. The van der Waals surface area contributed by atoms with Crippen LogP contribution in [-0.4, -0.2) is 11.2 Å². The summed E-state index contributed by atoms with van der Waals surface area (Å²) in [6.07, 6.45) is 6.94. The quantitative estimate of drug-likeness (QED) is 0.569. The van der Waals surface area contributed by atoms with E-state index in [1.54, 1.807) is 0 Å². The first kappa shape index (κ1) is 7.22. The van der Waals surface area contributed by atoms with Gasteiger partial charge in [0, 0.05) is 23.9 Å². The molecule has 0 aromatic carbocycles. The van der Waals surface area contributed by atoms with E-state index in [0.29, 0.717) is 0 Å². The Morgan fingerprint density at radius 2 is 2.25 bits per heavy atom. The summed E-state index contributed by atoms with van der Waals surface area (Å²) in [4.78, 5) is 8.57. The Bertz CT molecular complexity index is 351. The third kappa shape index (κ3) is 1.28. The second-order valence-electron chi connectivity index (χ2n) is 2.82. The van der Waals surface area contributed by atoms with Gasteiger partial charge in [0.15, 0.2) is 5.82 Å². The lowest BCUT2D eigenvalue weighted by molar-refractivity contribution is 1.17. The Morgan fingerprint density at radius 1 is 1.33 bits per heavy atom. The lowest BCUT2D eigenvalue weighted by atomic mass is 10.2. The van der Waals surface area contributed by atoms with Crippen molar-refractivity contribution in [2.24, 2.45) is 4.99 Å². The predicted octanol–water partition coefficient (Wildman–Crippen LogP) is 2.51. The summed E-state index contributed by atoms with van der Waals surface area (Å²) in [6.45, 7) is 1.98. The van der Waals surface area contributed by atoms with E-state index in [1.165, 1.54) is 0 Å². The highest BCUT2D eigenvalue weighted by Gasteiger charge is 2.00. The van der Waals surface area contributed by atoms with Gasteiger partial charge in [0.2, 0.25) is 0 Å². The first-order chi connectivity index (χ1) is 5.86. The van der Waals surface area contributed by atoms with Crippen LogP contribution in [0.4, 0.5) is 5.82 Å². The van der Waals surface area contributed by atoms with Gasteiger partial charge >= 0.3 is 0 Å². The number of hydrogen-bond donors (Lipinski definition) is 0. The fourth-order valence-corrected chi connectivity index (χ4v) is 1.18. The molecule has 2 heteroatoms. The maximum atomic E-state index is 4.32. The van der Waals surface area contributed by atoms with Crippen molar-refractivity contribution < 1.29 is 0 Å². The number of aliphatic imine (C=N–C) groups is 1. The third-order valence-electron chi connectivity index (χ3n) is 1.80. The molecule has 1 aromatic heterocycles. The smallest absolute Gasteiger partial charge is 0.159 e. The summed E-state index contributed by atoms with van der Waals surface area (Å²) in [6, 6.07) is 4.06. The summed E-state index contributed by atoms with van der Waals surface area (Å²) in [5.74, 6) is 0.837. The zero-order chi connectivity index (χ0) is 8.39. The highest BCUT2D eigenvalue weighted by molar-refractivity contribution is 5.73. The van der Waals surface area contributed by atoms with E-state index in [-0.39, 0.29) is 0 Å². The molecule has 1 aromatic rings. The van der Waals surface area contributed by atoms with Crippen molar-refractivity contribution in [1.29, 1.82) is 0 Å². The van der Waals surface area contributed by atoms with Gasteiger partial charge in [0.1, 0.15) is 0 Å². The lowest BCUT2D eigenvalue weighted by Gasteiger charge is -1.98. The number of aromatic nitrogens is 1. The number of aryl methyl sites for hydroxylation is 1. The second kappa shape index (κ2) is 2.89. The third-order valence-corrected chi connectivity index (χ3v) is 1.80. The van der Waals surface area contributed by atoms with Crippen LogP contribution in [0.3, 0.4) is 0 Å². The van der Waals surface area contributed by atoms with Crippen molar-refractivity contribution in [3.05, 3.63) is 29.5 Å². The Hall–Kier alpha value is -1.44. The molecule has 2 nitrogen and oxygen atoms in total. The molecule has 12 heavy (non-hydrogen) atoms. The molecule has 0 amide bonds. The number of allylic oxidation sites excluding steroid dienone is 1. The van der Waals surface area contributed by atoms with Crippen LogP contribution in [0.25, 0.3) is 6.08 Å². The maximum Gasteiger partial charge on any atom is 0.159 e. The minimum atomic E-state index is 0.837. The molecule has 0 saturated heterocycles. The van der Waals surface area contributed by atoms with Crippen molar-refractivity contribution >= 4 is 18.1 Å². The number of pyridine rings is 1. The van der Waals surface area contributed by atoms with E-state index in [0.717, 1.165) is 23.5 Å². The Morgan fingerprint density at radius 3 is 3.17 bits per heavy atom. The molecular formula is C10H10N2. The molecular weight excluding hydrogens is 148 g/mol. The molecule has 2 rings (SSSR count). The number of hydrogen-bond acceptors (Lipinski definition) is 2. The van der Waals surface area contributed by atoms with Gasteiger partial charge in [-0.2, -0.15) is 0 Å². The summed E-state index contributed by atoms with van der Waals surface area (Å²) < 4.78 is 0. The van der Waals surface area contributed by atoms with Crippen molar-refractivity contribution in [1.82, 2.24) is 4.98 Å². The summed E-state index contributed by atoms with van der Waals surface area (Å²) >= 11 is 0. The van der Waals surface area contributed by atoms with Gasteiger partial charge in [-0.25, -0.2) is 9.98 Å². The molecule has 0 radical (unpaired) electrons. The minimum absolute atomic E-state index is 0.837. The summed E-state index contributed by atoms with van der Waals surface area (Å²) in [7, 11) is 0. The molecule has 1 aliphatic heterocycles. The van der Waals surface area contributed by atoms with Gasteiger partial charge in [-0.1, -0.05) is 12.2 Å². The van der Waals surface area contributed by atoms with Crippen LogP contribution in [0.1, 0.15) is 17.7 Å². The Kier molecular flexibility index (Phi) is 1.74. The van der Waals surface area contributed by atoms with Gasteiger partial charge in [-0.05, 0) is 19.1 Å². The molecule has 2 heterocycles. The van der Waals surface area contributed by atoms with Crippen LogP contribution >= 0.6 is 0 Å². The fraction of sp³-hybridized carbons (Fsp3) is 0.200. The van der Waals surface area contributed by atoms with E-state index in [9.17, 15) is 0 Å². The zero-order valence-corrected chi connectivity index (χ0v) is 6.99. The van der Waals surface area contributed by atoms with E-state index in [1.807, 2.05) is 19.2 Å². The van der Waals surface area contributed by atoms with Crippen molar-refractivity contribution in [2.45, 2.75) is 13.3 Å². The molecule has 60 valence electrons. The van der Waals surface area contributed by atoms with Crippen LogP contribution in [0.5, 0.6) is 0 Å². The van der Waals surface area contributed by atoms with Crippen LogP contribution < -0.4 is 0 Å². The van der Waals surface area contributed by atoms with E-state index >= 15 is 0 Å². The maximum absolute atomic E-state index is 4.32. The Labute approximate surface area is 71.7 Å². The number of fused-ring (bicyclic) bond motifs is 1. The number of nitrogens with zero attached hydrogens (tertiary/aromatic N) is 2. The summed E-state index contributed by atoms with van der Waals surface area (Å²) in [5, 5.41) is 0. The molecule has 0 atom stereocenters. The van der Waals surface area contributed by atoms with Crippen molar-refractivity contribution in [3.63, 3.8) is 0 Å². The molecule has 0 N–H and O–H groups in total. The average Bonchev–Trinajstić information content (AvgIpc) is 2.28. The van der Waals surface area contributed by atoms with E-state index in [2.05, 4.69) is 28.2 Å². The SMILES string of the molecule is Cc1ccc2c(n1)N=CCC=C2. The highest BCUT2D eigenvalue weighted by Crippen LogP contribution is 2.19. The van der Waals surface area contributed by atoms with Gasteiger partial charge < -0.3 is 0 Å². The molecule has 0 unspecified atom stereocenters. The van der Waals surface area contributed by atoms with Crippen molar-refractivity contribution in [2.75, 3.05) is 0 Å². The average molecular weight is 158 g/mol. The topological polar surface area (TPSA) is 25.2 Å². The van der Waals surface area contributed by atoms with Gasteiger partial charge in [0.25, 0.3) is 0 Å². The molecule has 1 aliphatic rings. The number of rotatable bonds is 0. The first-order valence-corrected chi connectivity index (χ1v) is 4.03. The molecule has 0 saturated carbocycles. The standard InChI is InChI=1S/C10H10N2/c1-8-5-6-9-4-2-3-7-11-10(9)12-8/h2,4-7H,3H2,1H3. The largest absolute Gasteiger partial charge is 0.241 e. The van der Waals surface area contributed by atoms with Crippen LogP contribution in [0.15, 0.2) is 23.2 Å². The fourth-order valence-electron chi connectivity index (χ4n) is 1.18. The molecule has 0 spiro atoms. The van der Waals surface area contributed by atoms with Crippen LogP contribution in [0.2, 0.25) is 0 Å². The molecule has 0 bridgehead atoms. The van der Waals surface area contributed by atoms with Gasteiger partial charge in [-0.3, -0.25) is 0 Å². The monoisotopic (exact) mass is 158 g/mol. The predicted molar refractivity (Wildman–Crippen MR) is 50.8 cm³/mol. The van der Waals surface area contributed by atoms with E-state index in [4.69, 9.17) is 0 Å². The van der Waals surface area contributed by atoms with Gasteiger partial charge in [-0.15, -0.1) is 0 Å². The van der Waals surface area contributed by atoms with E-state index < -0.39 is 0 Å². The normalized spacial score (nSPS) is 14.1. The molecule has 0 aliphatic carbocycles. The van der Waals surface area contributed by atoms with Crippen molar-refractivity contribution in [3.8, 4) is 0 Å². The van der Waals surface area contributed by atoms with Crippen LogP contribution in [0, 0.1) is 6.92 Å². The lowest BCUT2D eigenvalue weighted by Crippen LogP contribution is -1.83. The molecule has 0 fully saturated rings. The van der Waals surface area contributed by atoms with Gasteiger partial charge in [0.05, 0.1) is 0 Å². The second-order valence-corrected chi connectivity index (χ2v) is 2.82. The Balaban J connectivity index is 2.58. The summed E-state index contributed by atoms with van der Waals surface area (Å²) in [5.41, 5.74) is 2.12.